The Morgan fingerprint density at radius 1 is 0.839 bits per heavy atom. The third-order valence-electron chi connectivity index (χ3n) is 6.16. The van der Waals surface area contributed by atoms with Crippen LogP contribution in [0, 0.1) is 11.8 Å². The van der Waals surface area contributed by atoms with Gasteiger partial charge in [-0.15, -0.1) is 0 Å². The second-order valence-corrected chi connectivity index (χ2v) is 9.77. The molecule has 1 aliphatic carbocycles. The van der Waals surface area contributed by atoms with Gasteiger partial charge in [0.05, 0.1) is 17.9 Å². The highest BCUT2D eigenvalue weighted by Gasteiger charge is 2.50. The number of nitrogens with one attached hydrogen (secondary N) is 1. The molecule has 0 aromatic heterocycles. The zero-order chi connectivity index (χ0) is 22.0. The molecule has 1 unspecified atom stereocenters. The first-order chi connectivity index (χ1) is 14.8. The van der Waals surface area contributed by atoms with Gasteiger partial charge in [0.15, 0.2) is 0 Å². The van der Waals surface area contributed by atoms with Crippen molar-refractivity contribution in [3.05, 3.63) is 71.8 Å². The summed E-state index contributed by atoms with van der Waals surface area (Å²) in [5, 5.41) is 3.01. The standard InChI is InChI=1S/C26H33N3O2/c1-26(2,3)27-24(30)21-18-22(21)25(31)29-16-14-28(15-17-29)23(19-10-6-4-7-11-19)20-12-8-5-9-13-20/h4-13,21-23H,14-18H2,1-3H3,(H,27,30)/t21?,22-/m0/s1. The first kappa shape index (κ1) is 21.6. The maximum Gasteiger partial charge on any atom is 0.226 e. The molecule has 1 saturated carbocycles. The van der Waals surface area contributed by atoms with Crippen molar-refractivity contribution in [3.63, 3.8) is 0 Å². The quantitative estimate of drug-likeness (QED) is 0.807. The van der Waals surface area contributed by atoms with E-state index in [0.29, 0.717) is 19.5 Å². The lowest BCUT2D eigenvalue weighted by Gasteiger charge is -2.40. The van der Waals surface area contributed by atoms with Crippen LogP contribution >= 0.6 is 0 Å². The number of hydrogen-bond donors (Lipinski definition) is 1. The summed E-state index contributed by atoms with van der Waals surface area (Å²) in [7, 11) is 0. The van der Waals surface area contributed by atoms with Crippen molar-refractivity contribution in [2.45, 2.75) is 38.8 Å². The van der Waals surface area contributed by atoms with E-state index in [-0.39, 0.29) is 35.2 Å². The zero-order valence-electron chi connectivity index (χ0n) is 18.8. The number of rotatable bonds is 5. The van der Waals surface area contributed by atoms with Crippen LogP contribution in [0.5, 0.6) is 0 Å². The van der Waals surface area contributed by atoms with Gasteiger partial charge in [-0.3, -0.25) is 14.5 Å². The van der Waals surface area contributed by atoms with Gasteiger partial charge in [0, 0.05) is 31.7 Å². The summed E-state index contributed by atoms with van der Waals surface area (Å²) in [6.07, 6.45) is 0.678. The molecule has 2 amide bonds. The van der Waals surface area contributed by atoms with E-state index in [2.05, 4.69) is 58.7 Å². The Morgan fingerprint density at radius 3 is 1.84 bits per heavy atom. The third kappa shape index (κ3) is 5.16. The molecule has 4 rings (SSSR count). The van der Waals surface area contributed by atoms with Gasteiger partial charge in [-0.05, 0) is 38.3 Å². The van der Waals surface area contributed by atoms with E-state index >= 15 is 0 Å². The highest BCUT2D eigenvalue weighted by atomic mass is 16.2. The summed E-state index contributed by atoms with van der Waals surface area (Å²) in [5.74, 6) is -0.151. The molecule has 0 spiro atoms. The molecule has 31 heavy (non-hydrogen) atoms. The lowest BCUT2D eigenvalue weighted by Crippen LogP contribution is -2.50. The molecule has 2 fully saturated rings. The fraction of sp³-hybridized carbons (Fsp3) is 0.462. The number of carbonyl (C=O) groups is 2. The van der Waals surface area contributed by atoms with E-state index in [4.69, 9.17) is 0 Å². The van der Waals surface area contributed by atoms with Crippen LogP contribution in [-0.4, -0.2) is 53.3 Å². The molecule has 2 aromatic carbocycles. The van der Waals surface area contributed by atoms with E-state index < -0.39 is 0 Å². The van der Waals surface area contributed by atoms with Crippen molar-refractivity contribution >= 4 is 11.8 Å². The fourth-order valence-electron chi connectivity index (χ4n) is 4.54. The van der Waals surface area contributed by atoms with Crippen LogP contribution in [0.15, 0.2) is 60.7 Å². The highest BCUT2D eigenvalue weighted by molar-refractivity contribution is 5.92. The number of piperazine rings is 1. The van der Waals surface area contributed by atoms with Gasteiger partial charge < -0.3 is 10.2 Å². The molecule has 0 radical (unpaired) electrons. The van der Waals surface area contributed by atoms with Gasteiger partial charge in [0.25, 0.3) is 0 Å². The molecular weight excluding hydrogens is 386 g/mol. The van der Waals surface area contributed by atoms with Gasteiger partial charge in [-0.25, -0.2) is 0 Å². The van der Waals surface area contributed by atoms with Gasteiger partial charge in [0.1, 0.15) is 0 Å². The number of amides is 2. The lowest BCUT2D eigenvalue weighted by atomic mass is 9.96. The molecule has 2 atom stereocenters. The maximum absolute atomic E-state index is 13.0. The molecule has 2 aromatic rings. The Kier molecular flexibility index (Phi) is 6.15. The first-order valence-corrected chi connectivity index (χ1v) is 11.3. The summed E-state index contributed by atoms with van der Waals surface area (Å²) in [5.41, 5.74) is 2.28. The second-order valence-electron chi connectivity index (χ2n) is 9.77. The van der Waals surface area contributed by atoms with E-state index in [1.54, 1.807) is 0 Å². The smallest absolute Gasteiger partial charge is 0.226 e. The van der Waals surface area contributed by atoms with Gasteiger partial charge >= 0.3 is 0 Å². The lowest BCUT2D eigenvalue weighted by molar-refractivity contribution is -0.136. The summed E-state index contributed by atoms with van der Waals surface area (Å²) >= 11 is 0. The maximum atomic E-state index is 13.0. The Morgan fingerprint density at radius 2 is 1.35 bits per heavy atom. The van der Waals surface area contributed by atoms with Crippen molar-refractivity contribution in [1.29, 1.82) is 0 Å². The van der Waals surface area contributed by atoms with E-state index in [1.807, 2.05) is 37.8 Å². The Bertz CT molecular complexity index is 860. The molecule has 5 heteroatoms. The van der Waals surface area contributed by atoms with Crippen molar-refractivity contribution in [2.24, 2.45) is 11.8 Å². The predicted molar refractivity (Wildman–Crippen MR) is 122 cm³/mol. The van der Waals surface area contributed by atoms with Crippen LogP contribution in [0.3, 0.4) is 0 Å². The molecule has 1 N–H and O–H groups in total. The molecule has 1 saturated heterocycles. The van der Waals surface area contributed by atoms with Gasteiger partial charge in [-0.1, -0.05) is 60.7 Å². The van der Waals surface area contributed by atoms with Crippen molar-refractivity contribution in [1.82, 2.24) is 15.1 Å². The molecule has 5 nitrogen and oxygen atoms in total. The largest absolute Gasteiger partial charge is 0.351 e. The predicted octanol–water partition coefficient (Wildman–Crippen LogP) is 3.47. The number of carbonyl (C=O) groups excluding carboxylic acids is 2. The molecule has 1 heterocycles. The SMILES string of the molecule is CC(C)(C)NC(=O)C1C[C@@H]1C(=O)N1CCN(C(c2ccccc2)c2ccccc2)CC1. The molecule has 0 bridgehead atoms. The Labute approximate surface area is 185 Å². The summed E-state index contributed by atoms with van der Waals surface area (Å²) in [6.45, 7) is 8.98. The third-order valence-corrected chi connectivity index (χ3v) is 6.16. The minimum absolute atomic E-state index is 0.0118. The highest BCUT2D eigenvalue weighted by Crippen LogP contribution is 2.41. The van der Waals surface area contributed by atoms with Crippen molar-refractivity contribution in [3.8, 4) is 0 Å². The minimum atomic E-state index is -0.261. The topological polar surface area (TPSA) is 52.7 Å². The van der Waals surface area contributed by atoms with Crippen LogP contribution in [0.1, 0.15) is 44.4 Å². The number of hydrogen-bond acceptors (Lipinski definition) is 3. The summed E-state index contributed by atoms with van der Waals surface area (Å²) < 4.78 is 0. The average Bonchev–Trinajstić information content (AvgIpc) is 3.56. The van der Waals surface area contributed by atoms with Crippen molar-refractivity contribution in [2.75, 3.05) is 26.2 Å². The van der Waals surface area contributed by atoms with Crippen LogP contribution in [0.2, 0.25) is 0 Å². The van der Waals surface area contributed by atoms with E-state index in [9.17, 15) is 9.59 Å². The zero-order valence-corrected chi connectivity index (χ0v) is 18.8. The molecule has 1 aliphatic heterocycles. The second kappa shape index (κ2) is 8.83. The van der Waals surface area contributed by atoms with Crippen LogP contribution in [0.4, 0.5) is 0 Å². The van der Waals surface area contributed by atoms with Crippen LogP contribution in [0.25, 0.3) is 0 Å². The minimum Gasteiger partial charge on any atom is -0.351 e. The van der Waals surface area contributed by atoms with E-state index in [1.165, 1.54) is 11.1 Å². The van der Waals surface area contributed by atoms with Gasteiger partial charge in [0.2, 0.25) is 11.8 Å². The normalized spacial score (nSPS) is 21.7. The fourth-order valence-corrected chi connectivity index (χ4v) is 4.54. The van der Waals surface area contributed by atoms with Crippen molar-refractivity contribution < 1.29 is 9.59 Å². The Balaban J connectivity index is 1.38. The monoisotopic (exact) mass is 419 g/mol. The number of nitrogens with zero attached hydrogens (tertiary/aromatic N) is 2. The number of benzene rings is 2. The average molecular weight is 420 g/mol. The van der Waals surface area contributed by atoms with Crippen LogP contribution < -0.4 is 5.32 Å². The van der Waals surface area contributed by atoms with Crippen LogP contribution in [-0.2, 0) is 9.59 Å². The Hall–Kier alpha value is -2.66. The summed E-state index contributed by atoms with van der Waals surface area (Å²) in [6, 6.07) is 21.3. The van der Waals surface area contributed by atoms with E-state index in [0.717, 1.165) is 13.1 Å². The van der Waals surface area contributed by atoms with Gasteiger partial charge in [-0.2, -0.15) is 0 Å². The summed E-state index contributed by atoms with van der Waals surface area (Å²) in [4.78, 5) is 29.8. The molecule has 164 valence electrons. The molecule has 2 aliphatic rings. The molecular formula is C26H33N3O2. The first-order valence-electron chi connectivity index (χ1n) is 11.3.